The average Bonchev–Trinajstić information content (AvgIpc) is 2.36. The Hall–Kier alpha value is -0.450. The van der Waals surface area contributed by atoms with E-state index in [2.05, 4.69) is 28.7 Å². The number of amides is 1. The molecule has 0 unspecified atom stereocenters. The molecule has 1 N–H and O–H groups in total. The number of ether oxygens (including phenoxy) is 1. The summed E-state index contributed by atoms with van der Waals surface area (Å²) in [6.45, 7) is 0. The van der Waals surface area contributed by atoms with Crippen LogP contribution in [0.2, 0.25) is 0 Å². The Labute approximate surface area is 128 Å². The first-order chi connectivity index (χ1) is 8.93. The van der Waals surface area contributed by atoms with Gasteiger partial charge in [0.15, 0.2) is 0 Å². The molecule has 1 aromatic carbocycles. The summed E-state index contributed by atoms with van der Waals surface area (Å²) in [7, 11) is 1.24. The van der Waals surface area contributed by atoms with Crippen molar-refractivity contribution in [2.75, 3.05) is 12.0 Å². The molecule has 0 heterocycles. The van der Waals surface area contributed by atoms with E-state index in [1.807, 2.05) is 4.93 Å². The van der Waals surface area contributed by atoms with Crippen LogP contribution in [-0.4, -0.2) is 28.0 Å². The Kier molecular flexibility index (Phi) is 6.97. The molecule has 1 atom stereocenters. The van der Waals surface area contributed by atoms with Gasteiger partial charge in [0.1, 0.15) is 0 Å². The molecular weight excluding hydrogens is 479 g/mol. The van der Waals surface area contributed by atoms with E-state index in [4.69, 9.17) is 0 Å². The minimum absolute atomic E-state index is 0.0273. The predicted octanol–water partition coefficient (Wildman–Crippen LogP) is 3.11. The Bertz CT molecular complexity index is 468. The molecule has 0 aliphatic heterocycles. The van der Waals surface area contributed by atoms with Crippen molar-refractivity contribution in [2.24, 2.45) is 0 Å². The zero-order chi connectivity index (χ0) is 14.4. The van der Waals surface area contributed by atoms with Gasteiger partial charge in [-0.1, -0.05) is 0 Å². The van der Waals surface area contributed by atoms with Crippen LogP contribution in [-0.2, 0) is 16.0 Å². The van der Waals surface area contributed by atoms with Crippen molar-refractivity contribution < 1.29 is 18.7 Å². The number of rotatable bonds is 5. The van der Waals surface area contributed by atoms with Crippen LogP contribution < -0.4 is 5.32 Å². The first-order valence-corrected chi connectivity index (χ1v) is 14.9. The topological polar surface area (TPSA) is 55.4 Å². The van der Waals surface area contributed by atoms with Crippen LogP contribution in [0.3, 0.4) is 0 Å². The van der Waals surface area contributed by atoms with Gasteiger partial charge in [-0.25, -0.2) is 0 Å². The van der Waals surface area contributed by atoms with Gasteiger partial charge in [-0.15, -0.1) is 0 Å². The maximum absolute atomic E-state index is 13.1. The van der Waals surface area contributed by atoms with Crippen molar-refractivity contribution in [1.82, 2.24) is 5.32 Å². The minimum atomic E-state index is -1.75. The molecule has 0 aromatic heterocycles. The van der Waals surface area contributed by atoms with E-state index in [1.165, 1.54) is 19.2 Å². The summed E-state index contributed by atoms with van der Waals surface area (Å²) in [5.74, 6) is -0.358. The van der Waals surface area contributed by atoms with Gasteiger partial charge in [-0.05, 0) is 0 Å². The van der Waals surface area contributed by atoms with Crippen molar-refractivity contribution in [1.29, 1.82) is 0 Å². The second kappa shape index (κ2) is 7.98. The standard InChI is InChI=1S/C12H14FI2NO3/c1-15(14)11(17)10(16-12(18)19-2)7-8-4-3-5-9(13)6-8/h3-6,10H,7H2,1-2H3,(H,16,18)/t10-/m0/s1. The van der Waals surface area contributed by atoms with Crippen molar-refractivity contribution in [3.05, 3.63) is 35.6 Å². The van der Waals surface area contributed by atoms with Gasteiger partial charge in [0.25, 0.3) is 0 Å². The van der Waals surface area contributed by atoms with E-state index in [-0.39, 0.29) is 16.0 Å². The van der Waals surface area contributed by atoms with Gasteiger partial charge in [0.2, 0.25) is 0 Å². The normalized spacial score (nSPS) is 12.5. The van der Waals surface area contributed by atoms with Crippen LogP contribution >= 0.6 is 34.5 Å². The number of nitrogens with one attached hydrogen (secondary N) is 1. The van der Waals surface area contributed by atoms with Crippen LogP contribution in [0.15, 0.2) is 24.3 Å². The molecule has 0 spiro atoms. The van der Waals surface area contributed by atoms with E-state index in [1.54, 1.807) is 12.1 Å². The molecule has 0 fully saturated rings. The first-order valence-electron chi connectivity index (χ1n) is 5.33. The quantitative estimate of drug-likeness (QED) is 0.390. The zero-order valence-corrected chi connectivity index (χ0v) is 14.8. The van der Waals surface area contributed by atoms with Gasteiger partial charge >= 0.3 is 129 Å². The van der Waals surface area contributed by atoms with Crippen molar-refractivity contribution in [3.8, 4) is 0 Å². The van der Waals surface area contributed by atoms with Crippen LogP contribution in [0, 0.1) is 5.82 Å². The predicted molar refractivity (Wildman–Crippen MR) is 88.4 cm³/mol. The van der Waals surface area contributed by atoms with Gasteiger partial charge < -0.3 is 0 Å². The molecule has 0 saturated heterocycles. The molecule has 0 aliphatic carbocycles. The molecule has 0 saturated carbocycles. The number of methoxy groups -OCH3 is 1. The van der Waals surface area contributed by atoms with Crippen LogP contribution in [0.25, 0.3) is 0 Å². The third-order valence-electron chi connectivity index (χ3n) is 2.34. The SMILES string of the molecule is COC(=O)N[C@@H](Cc1cccc(F)c1)C(=O)I(C)I. The number of hydrogen-bond acceptors (Lipinski definition) is 3. The Morgan fingerprint density at radius 1 is 1.53 bits per heavy atom. The molecule has 0 aliphatic rings. The summed E-state index contributed by atoms with van der Waals surface area (Å²) < 4.78 is 17.7. The number of carbonyl (C=O) groups excluding carboxylic acids is 2. The van der Waals surface area contributed by atoms with Crippen LogP contribution in [0.1, 0.15) is 5.56 Å². The van der Waals surface area contributed by atoms with E-state index >= 15 is 0 Å². The summed E-state index contributed by atoms with van der Waals surface area (Å²) in [6.07, 6.45) is -0.375. The maximum atomic E-state index is 13.1. The van der Waals surface area contributed by atoms with E-state index < -0.39 is 28.0 Å². The Balaban J connectivity index is 2.84. The molecule has 1 aromatic rings. The number of halogens is 3. The summed E-state index contributed by atoms with van der Waals surface area (Å²) in [5, 5.41) is 2.52. The summed E-state index contributed by atoms with van der Waals surface area (Å²) in [6, 6.07) is 5.35. The van der Waals surface area contributed by atoms with Gasteiger partial charge in [-0.3, -0.25) is 0 Å². The second-order valence-corrected chi connectivity index (χ2v) is 15.3. The molecule has 19 heavy (non-hydrogen) atoms. The molecule has 1 amide bonds. The molecule has 0 radical (unpaired) electrons. The Morgan fingerprint density at radius 3 is 2.74 bits per heavy atom. The van der Waals surface area contributed by atoms with E-state index in [9.17, 15) is 14.0 Å². The first kappa shape index (κ1) is 16.6. The molecule has 7 heteroatoms. The fraction of sp³-hybridized carbons (Fsp3) is 0.333. The number of carbonyl (C=O) groups is 2. The van der Waals surface area contributed by atoms with Crippen LogP contribution in [0.5, 0.6) is 0 Å². The molecule has 4 nitrogen and oxygen atoms in total. The molecular formula is C12H14FI2NO3. The Morgan fingerprint density at radius 2 is 2.21 bits per heavy atom. The van der Waals surface area contributed by atoms with Crippen LogP contribution in [0.4, 0.5) is 9.18 Å². The summed E-state index contributed by atoms with van der Waals surface area (Å²) >= 11 is 0.385. The number of hydrogen-bond donors (Lipinski definition) is 1. The van der Waals surface area contributed by atoms with Gasteiger partial charge in [0, 0.05) is 0 Å². The second-order valence-electron chi connectivity index (χ2n) is 3.73. The van der Waals surface area contributed by atoms with Crippen molar-refractivity contribution >= 4 is 44.3 Å². The number of alkyl carbamates (subject to hydrolysis) is 1. The number of alkyl halides is 1. The summed E-state index contributed by atoms with van der Waals surface area (Å²) in [4.78, 5) is 25.2. The fourth-order valence-corrected chi connectivity index (χ4v) is 4.79. The number of benzene rings is 1. The fourth-order valence-electron chi connectivity index (χ4n) is 1.47. The molecule has 1 rings (SSSR count). The third-order valence-corrected chi connectivity index (χ3v) is 7.25. The molecule has 0 bridgehead atoms. The van der Waals surface area contributed by atoms with E-state index in [0.717, 1.165) is 0 Å². The van der Waals surface area contributed by atoms with Gasteiger partial charge in [0.05, 0.1) is 0 Å². The monoisotopic (exact) mass is 493 g/mol. The molecule has 106 valence electrons. The van der Waals surface area contributed by atoms with Gasteiger partial charge in [-0.2, -0.15) is 0 Å². The van der Waals surface area contributed by atoms with E-state index in [0.29, 0.717) is 5.56 Å². The third kappa shape index (κ3) is 5.59. The van der Waals surface area contributed by atoms with Crippen molar-refractivity contribution in [2.45, 2.75) is 12.5 Å². The zero-order valence-electron chi connectivity index (χ0n) is 10.5. The average molecular weight is 493 g/mol. The van der Waals surface area contributed by atoms with Crippen molar-refractivity contribution in [3.63, 3.8) is 0 Å². The summed E-state index contributed by atoms with van der Waals surface area (Å²) in [5.41, 5.74) is 0.670.